The topological polar surface area (TPSA) is 56.8 Å². The lowest BCUT2D eigenvalue weighted by atomic mass is 9.90. The SMILES string of the molecule is CCOc1ccc(OCC(=O)NCC(CC)(OC)c2ccccc2)cc1. The van der Waals surface area contributed by atoms with Crippen LogP contribution >= 0.6 is 0 Å². The van der Waals surface area contributed by atoms with Crippen LogP contribution in [0.25, 0.3) is 0 Å². The standard InChI is InChI=1S/C21H27NO4/c1-4-21(24-3,17-9-7-6-8-10-17)16-22-20(23)15-26-19-13-11-18(12-14-19)25-5-2/h6-14H,4-5,15-16H2,1-3H3,(H,22,23). The van der Waals surface area contributed by atoms with Gasteiger partial charge < -0.3 is 19.5 Å². The predicted octanol–water partition coefficient (Wildman–Crippen LogP) is 3.53. The van der Waals surface area contributed by atoms with Crippen LogP contribution < -0.4 is 14.8 Å². The van der Waals surface area contributed by atoms with Gasteiger partial charge in [-0.05, 0) is 43.2 Å². The van der Waals surface area contributed by atoms with E-state index in [0.717, 1.165) is 17.7 Å². The van der Waals surface area contributed by atoms with E-state index >= 15 is 0 Å². The fourth-order valence-electron chi connectivity index (χ4n) is 2.75. The van der Waals surface area contributed by atoms with Crippen molar-refractivity contribution < 1.29 is 19.0 Å². The monoisotopic (exact) mass is 357 g/mol. The van der Waals surface area contributed by atoms with Crippen LogP contribution in [0.2, 0.25) is 0 Å². The van der Waals surface area contributed by atoms with E-state index in [2.05, 4.69) is 5.32 Å². The van der Waals surface area contributed by atoms with Crippen molar-refractivity contribution in [3.63, 3.8) is 0 Å². The van der Waals surface area contributed by atoms with Gasteiger partial charge in [0.15, 0.2) is 6.61 Å². The average molecular weight is 357 g/mol. The molecular weight excluding hydrogens is 330 g/mol. The highest BCUT2D eigenvalue weighted by Gasteiger charge is 2.30. The van der Waals surface area contributed by atoms with Gasteiger partial charge in [0.1, 0.15) is 17.1 Å². The van der Waals surface area contributed by atoms with Crippen molar-refractivity contribution in [3.05, 3.63) is 60.2 Å². The Balaban J connectivity index is 1.88. The molecule has 0 aliphatic heterocycles. The maximum atomic E-state index is 12.2. The molecule has 0 aromatic heterocycles. The molecule has 1 N–H and O–H groups in total. The van der Waals surface area contributed by atoms with Gasteiger partial charge in [0.05, 0.1) is 13.2 Å². The second-order valence-electron chi connectivity index (χ2n) is 5.89. The zero-order chi connectivity index (χ0) is 18.8. The molecule has 26 heavy (non-hydrogen) atoms. The normalized spacial score (nSPS) is 12.9. The lowest BCUT2D eigenvalue weighted by Gasteiger charge is -2.32. The number of nitrogens with one attached hydrogen (secondary N) is 1. The van der Waals surface area contributed by atoms with E-state index < -0.39 is 5.60 Å². The Morgan fingerprint density at radius 3 is 2.12 bits per heavy atom. The molecule has 1 unspecified atom stereocenters. The first-order valence-electron chi connectivity index (χ1n) is 8.86. The second kappa shape index (κ2) is 9.82. The summed E-state index contributed by atoms with van der Waals surface area (Å²) in [5.41, 5.74) is 0.494. The van der Waals surface area contributed by atoms with Gasteiger partial charge in [-0.2, -0.15) is 0 Å². The molecule has 0 fully saturated rings. The Bertz CT molecular complexity index is 666. The zero-order valence-electron chi connectivity index (χ0n) is 15.7. The molecule has 140 valence electrons. The predicted molar refractivity (Wildman–Crippen MR) is 102 cm³/mol. The van der Waals surface area contributed by atoms with E-state index in [1.807, 2.05) is 56.3 Å². The Labute approximate surface area is 155 Å². The molecular formula is C21H27NO4. The van der Waals surface area contributed by atoms with E-state index in [4.69, 9.17) is 14.2 Å². The van der Waals surface area contributed by atoms with Crippen LogP contribution in [0.4, 0.5) is 0 Å². The quantitative estimate of drug-likeness (QED) is 0.707. The van der Waals surface area contributed by atoms with Crippen LogP contribution in [-0.4, -0.2) is 32.8 Å². The molecule has 0 saturated carbocycles. The van der Waals surface area contributed by atoms with Crippen LogP contribution in [0.5, 0.6) is 11.5 Å². The number of carbonyl (C=O) groups excluding carboxylic acids is 1. The van der Waals surface area contributed by atoms with Gasteiger partial charge in [0.25, 0.3) is 5.91 Å². The van der Waals surface area contributed by atoms with Gasteiger partial charge in [-0.1, -0.05) is 37.3 Å². The molecule has 2 aromatic carbocycles. The van der Waals surface area contributed by atoms with Gasteiger partial charge in [-0.25, -0.2) is 0 Å². The Morgan fingerprint density at radius 2 is 1.58 bits per heavy atom. The minimum atomic E-state index is -0.546. The van der Waals surface area contributed by atoms with Crippen molar-refractivity contribution in [2.75, 3.05) is 26.9 Å². The van der Waals surface area contributed by atoms with Gasteiger partial charge in [0.2, 0.25) is 0 Å². The lowest BCUT2D eigenvalue weighted by molar-refractivity contribution is -0.125. The highest BCUT2D eigenvalue weighted by molar-refractivity contribution is 5.77. The molecule has 0 bridgehead atoms. The largest absolute Gasteiger partial charge is 0.494 e. The van der Waals surface area contributed by atoms with Gasteiger partial charge >= 0.3 is 0 Å². The van der Waals surface area contributed by atoms with Crippen molar-refractivity contribution in [1.82, 2.24) is 5.32 Å². The molecule has 2 rings (SSSR count). The molecule has 2 aromatic rings. The summed E-state index contributed by atoms with van der Waals surface area (Å²) in [5, 5.41) is 2.91. The molecule has 5 heteroatoms. The van der Waals surface area contributed by atoms with E-state index in [1.54, 1.807) is 19.2 Å². The van der Waals surface area contributed by atoms with E-state index in [9.17, 15) is 4.79 Å². The van der Waals surface area contributed by atoms with Crippen molar-refractivity contribution in [2.24, 2.45) is 0 Å². The van der Waals surface area contributed by atoms with Crippen molar-refractivity contribution in [2.45, 2.75) is 25.9 Å². The van der Waals surface area contributed by atoms with Crippen LogP contribution in [0.1, 0.15) is 25.8 Å². The Hall–Kier alpha value is -2.53. The number of hydrogen-bond acceptors (Lipinski definition) is 4. The van der Waals surface area contributed by atoms with Crippen molar-refractivity contribution in [3.8, 4) is 11.5 Å². The van der Waals surface area contributed by atoms with E-state index in [1.165, 1.54) is 0 Å². The molecule has 0 aliphatic rings. The molecule has 0 spiro atoms. The number of rotatable bonds is 10. The van der Waals surface area contributed by atoms with Crippen LogP contribution in [0.3, 0.4) is 0 Å². The number of ether oxygens (including phenoxy) is 3. The molecule has 0 saturated heterocycles. The van der Waals surface area contributed by atoms with Gasteiger partial charge in [-0.15, -0.1) is 0 Å². The molecule has 1 atom stereocenters. The second-order valence-corrected chi connectivity index (χ2v) is 5.89. The first kappa shape index (κ1) is 19.8. The molecule has 0 aliphatic carbocycles. The summed E-state index contributed by atoms with van der Waals surface area (Å²) in [5.74, 6) is 1.21. The maximum absolute atomic E-state index is 12.2. The fourth-order valence-corrected chi connectivity index (χ4v) is 2.75. The average Bonchev–Trinajstić information content (AvgIpc) is 2.70. The first-order chi connectivity index (χ1) is 12.6. The Kier molecular flexibility index (Phi) is 7.48. The van der Waals surface area contributed by atoms with E-state index in [0.29, 0.717) is 18.9 Å². The van der Waals surface area contributed by atoms with Crippen LogP contribution in [-0.2, 0) is 15.1 Å². The summed E-state index contributed by atoms with van der Waals surface area (Å²) in [4.78, 5) is 12.2. The molecule has 0 radical (unpaired) electrons. The van der Waals surface area contributed by atoms with Gasteiger partial charge in [0, 0.05) is 7.11 Å². The number of hydrogen-bond donors (Lipinski definition) is 1. The summed E-state index contributed by atoms with van der Waals surface area (Å²) >= 11 is 0. The third kappa shape index (κ3) is 5.23. The summed E-state index contributed by atoms with van der Waals surface area (Å²) in [6.45, 7) is 4.92. The third-order valence-corrected chi connectivity index (χ3v) is 4.34. The maximum Gasteiger partial charge on any atom is 0.258 e. The number of carbonyl (C=O) groups is 1. The highest BCUT2D eigenvalue weighted by atomic mass is 16.5. The summed E-state index contributed by atoms with van der Waals surface area (Å²) in [7, 11) is 1.67. The molecule has 1 amide bonds. The van der Waals surface area contributed by atoms with Crippen LogP contribution in [0, 0.1) is 0 Å². The zero-order valence-corrected chi connectivity index (χ0v) is 15.7. The summed E-state index contributed by atoms with van der Waals surface area (Å²) in [6, 6.07) is 17.1. The lowest BCUT2D eigenvalue weighted by Crippen LogP contribution is -2.43. The minimum Gasteiger partial charge on any atom is -0.494 e. The fraction of sp³-hybridized carbons (Fsp3) is 0.381. The highest BCUT2D eigenvalue weighted by Crippen LogP contribution is 2.28. The summed E-state index contributed by atoms with van der Waals surface area (Å²) in [6.07, 6.45) is 0.744. The molecule has 0 heterocycles. The number of methoxy groups -OCH3 is 1. The Morgan fingerprint density at radius 1 is 0.962 bits per heavy atom. The molecule has 5 nitrogen and oxygen atoms in total. The van der Waals surface area contributed by atoms with Crippen molar-refractivity contribution in [1.29, 1.82) is 0 Å². The smallest absolute Gasteiger partial charge is 0.258 e. The van der Waals surface area contributed by atoms with E-state index in [-0.39, 0.29) is 12.5 Å². The first-order valence-corrected chi connectivity index (χ1v) is 8.86. The van der Waals surface area contributed by atoms with Gasteiger partial charge in [-0.3, -0.25) is 4.79 Å². The number of amides is 1. The minimum absolute atomic E-state index is 0.0493. The van der Waals surface area contributed by atoms with Crippen LogP contribution in [0.15, 0.2) is 54.6 Å². The third-order valence-electron chi connectivity index (χ3n) is 4.34. The number of benzene rings is 2. The van der Waals surface area contributed by atoms with Crippen molar-refractivity contribution >= 4 is 5.91 Å². The summed E-state index contributed by atoms with van der Waals surface area (Å²) < 4.78 is 16.7.